The van der Waals surface area contributed by atoms with E-state index in [-0.39, 0.29) is 5.41 Å². The Morgan fingerprint density at radius 2 is 0.656 bits per heavy atom. The van der Waals surface area contributed by atoms with Gasteiger partial charge in [-0.15, -0.1) is 0 Å². The molecule has 0 radical (unpaired) electrons. The highest BCUT2D eigenvalue weighted by molar-refractivity contribution is 5.39. The summed E-state index contributed by atoms with van der Waals surface area (Å²) in [7, 11) is 0. The summed E-state index contributed by atoms with van der Waals surface area (Å²) in [4.78, 5) is 0. The Bertz CT molecular complexity index is 1010. The summed E-state index contributed by atoms with van der Waals surface area (Å²) in [6, 6.07) is 33.8. The molecule has 0 N–H and O–H groups in total. The molecule has 0 saturated carbocycles. The first kappa shape index (κ1) is 23.3. The topological polar surface area (TPSA) is 9.23 Å². The van der Waals surface area contributed by atoms with Gasteiger partial charge in [-0.2, -0.15) is 0 Å². The highest BCUT2D eigenvalue weighted by Gasteiger charge is 2.22. The second-order valence-electron chi connectivity index (χ2n) is 9.09. The number of hydrogen-bond donors (Lipinski definition) is 0. The molecule has 0 aromatic heterocycles. The standard InChI is InChI=1S/C17H20.C14H14O/c1-13-5-9-15(10-6-13)17(3,4)16-11-7-14(2)8-12-16;1-11-3-7-13(8-4-11)15-14-9-5-12(2)6-10-14/h5-12H,1-4H3;3-10H,1-2H3. The van der Waals surface area contributed by atoms with Crippen LogP contribution in [0, 0.1) is 27.7 Å². The molecule has 164 valence electrons. The van der Waals surface area contributed by atoms with Crippen molar-refractivity contribution < 1.29 is 4.74 Å². The molecule has 0 amide bonds. The summed E-state index contributed by atoms with van der Waals surface area (Å²) in [6.45, 7) is 12.9. The summed E-state index contributed by atoms with van der Waals surface area (Å²) in [6.07, 6.45) is 0. The Labute approximate surface area is 193 Å². The Morgan fingerprint density at radius 3 is 0.938 bits per heavy atom. The maximum Gasteiger partial charge on any atom is 0.127 e. The Kier molecular flexibility index (Phi) is 7.53. The van der Waals surface area contributed by atoms with Crippen LogP contribution in [0.5, 0.6) is 11.5 Å². The second kappa shape index (κ2) is 10.3. The molecule has 0 aliphatic carbocycles. The van der Waals surface area contributed by atoms with Crippen molar-refractivity contribution in [2.75, 3.05) is 0 Å². The van der Waals surface area contributed by atoms with E-state index < -0.39 is 0 Å². The fourth-order valence-corrected chi connectivity index (χ4v) is 3.46. The van der Waals surface area contributed by atoms with Crippen LogP contribution in [0.15, 0.2) is 97.1 Å². The lowest BCUT2D eigenvalue weighted by molar-refractivity contribution is 0.482. The Hall–Kier alpha value is -3.32. The molecule has 4 rings (SSSR count). The van der Waals surface area contributed by atoms with E-state index in [4.69, 9.17) is 4.74 Å². The van der Waals surface area contributed by atoms with Crippen LogP contribution in [0.3, 0.4) is 0 Å². The van der Waals surface area contributed by atoms with Gasteiger partial charge < -0.3 is 4.74 Å². The largest absolute Gasteiger partial charge is 0.457 e. The minimum absolute atomic E-state index is 0.0708. The SMILES string of the molecule is Cc1ccc(C(C)(C)c2ccc(C)cc2)cc1.Cc1ccc(Oc2ccc(C)cc2)cc1. The zero-order chi connectivity index (χ0) is 23.1. The van der Waals surface area contributed by atoms with Crippen LogP contribution in [0.1, 0.15) is 47.2 Å². The molecule has 0 atom stereocenters. The molecule has 0 fully saturated rings. The third-order valence-corrected chi connectivity index (χ3v) is 5.82. The fourth-order valence-electron chi connectivity index (χ4n) is 3.46. The average Bonchev–Trinajstić information content (AvgIpc) is 2.78. The molecule has 4 aromatic rings. The third-order valence-electron chi connectivity index (χ3n) is 5.82. The van der Waals surface area contributed by atoms with Gasteiger partial charge in [0.05, 0.1) is 0 Å². The fraction of sp³-hybridized carbons (Fsp3) is 0.226. The maximum absolute atomic E-state index is 5.69. The molecule has 32 heavy (non-hydrogen) atoms. The summed E-state index contributed by atoms with van der Waals surface area (Å²) in [5.74, 6) is 1.76. The number of rotatable bonds is 4. The summed E-state index contributed by atoms with van der Waals surface area (Å²) < 4.78 is 5.69. The van der Waals surface area contributed by atoms with E-state index in [2.05, 4.69) is 90.1 Å². The summed E-state index contributed by atoms with van der Waals surface area (Å²) in [5, 5.41) is 0. The van der Waals surface area contributed by atoms with Crippen LogP contribution in [0.4, 0.5) is 0 Å². The van der Waals surface area contributed by atoms with Gasteiger partial charge in [-0.25, -0.2) is 0 Å². The maximum atomic E-state index is 5.69. The van der Waals surface area contributed by atoms with Crippen LogP contribution in [0.2, 0.25) is 0 Å². The molecule has 1 nitrogen and oxygen atoms in total. The normalized spacial score (nSPS) is 10.8. The molecule has 0 unspecified atom stereocenters. The van der Waals surface area contributed by atoms with Crippen LogP contribution in [0.25, 0.3) is 0 Å². The van der Waals surface area contributed by atoms with Crippen molar-refractivity contribution >= 4 is 0 Å². The Balaban J connectivity index is 0.000000182. The smallest absolute Gasteiger partial charge is 0.127 e. The number of ether oxygens (including phenoxy) is 1. The molecule has 0 spiro atoms. The first-order chi connectivity index (χ1) is 15.2. The van der Waals surface area contributed by atoms with Crippen molar-refractivity contribution in [2.45, 2.75) is 47.0 Å². The monoisotopic (exact) mass is 422 g/mol. The van der Waals surface area contributed by atoms with Gasteiger partial charge in [-0.05, 0) is 63.1 Å². The van der Waals surface area contributed by atoms with Crippen LogP contribution >= 0.6 is 0 Å². The highest BCUT2D eigenvalue weighted by atomic mass is 16.5. The first-order valence-electron chi connectivity index (χ1n) is 11.2. The van der Waals surface area contributed by atoms with E-state index in [9.17, 15) is 0 Å². The van der Waals surface area contributed by atoms with Crippen LogP contribution < -0.4 is 4.74 Å². The van der Waals surface area contributed by atoms with Gasteiger partial charge in [-0.1, -0.05) is 109 Å². The third kappa shape index (κ3) is 6.34. The van der Waals surface area contributed by atoms with E-state index in [1.54, 1.807) is 0 Å². The molecule has 0 aliphatic rings. The van der Waals surface area contributed by atoms with E-state index >= 15 is 0 Å². The predicted molar refractivity (Wildman–Crippen MR) is 137 cm³/mol. The molecule has 0 saturated heterocycles. The first-order valence-corrected chi connectivity index (χ1v) is 11.2. The van der Waals surface area contributed by atoms with E-state index in [1.807, 2.05) is 48.5 Å². The van der Waals surface area contributed by atoms with Crippen molar-refractivity contribution in [2.24, 2.45) is 0 Å². The highest BCUT2D eigenvalue weighted by Crippen LogP contribution is 2.31. The van der Waals surface area contributed by atoms with E-state index in [0.29, 0.717) is 0 Å². The van der Waals surface area contributed by atoms with Crippen molar-refractivity contribution in [3.63, 3.8) is 0 Å². The zero-order valence-corrected chi connectivity index (χ0v) is 20.1. The molecule has 0 aliphatic heterocycles. The zero-order valence-electron chi connectivity index (χ0n) is 20.1. The number of hydrogen-bond acceptors (Lipinski definition) is 1. The lowest BCUT2D eigenvalue weighted by Crippen LogP contribution is -2.18. The lowest BCUT2D eigenvalue weighted by atomic mass is 9.78. The quantitative estimate of drug-likeness (QED) is 0.319. The van der Waals surface area contributed by atoms with Gasteiger partial charge in [0.25, 0.3) is 0 Å². The summed E-state index contributed by atoms with van der Waals surface area (Å²) >= 11 is 0. The van der Waals surface area contributed by atoms with Gasteiger partial charge in [0.15, 0.2) is 0 Å². The molecular weight excluding hydrogens is 388 g/mol. The van der Waals surface area contributed by atoms with Crippen molar-refractivity contribution in [1.82, 2.24) is 0 Å². The molecule has 0 heterocycles. The van der Waals surface area contributed by atoms with Crippen LogP contribution in [-0.4, -0.2) is 0 Å². The van der Waals surface area contributed by atoms with Gasteiger partial charge in [0.2, 0.25) is 0 Å². The molecule has 4 aromatic carbocycles. The second-order valence-corrected chi connectivity index (χ2v) is 9.09. The number of benzene rings is 4. The Morgan fingerprint density at radius 1 is 0.406 bits per heavy atom. The average molecular weight is 423 g/mol. The van der Waals surface area contributed by atoms with Crippen molar-refractivity contribution in [1.29, 1.82) is 0 Å². The molecule has 0 bridgehead atoms. The lowest BCUT2D eigenvalue weighted by Gasteiger charge is -2.26. The van der Waals surface area contributed by atoms with Crippen LogP contribution in [-0.2, 0) is 5.41 Å². The van der Waals surface area contributed by atoms with Gasteiger partial charge in [0, 0.05) is 5.41 Å². The van der Waals surface area contributed by atoms with E-state index in [0.717, 1.165) is 11.5 Å². The minimum Gasteiger partial charge on any atom is -0.457 e. The summed E-state index contributed by atoms with van der Waals surface area (Å²) in [5.41, 5.74) is 7.92. The molecule has 1 heteroatoms. The predicted octanol–water partition coefficient (Wildman–Crippen LogP) is 8.73. The van der Waals surface area contributed by atoms with Gasteiger partial charge >= 0.3 is 0 Å². The van der Waals surface area contributed by atoms with E-state index in [1.165, 1.54) is 33.4 Å². The van der Waals surface area contributed by atoms with Crippen molar-refractivity contribution in [3.05, 3.63) is 130 Å². The van der Waals surface area contributed by atoms with Gasteiger partial charge in [0.1, 0.15) is 11.5 Å². The molecular formula is C31H34O. The minimum atomic E-state index is 0.0708. The van der Waals surface area contributed by atoms with Gasteiger partial charge in [-0.3, -0.25) is 0 Å². The van der Waals surface area contributed by atoms with Crippen molar-refractivity contribution in [3.8, 4) is 11.5 Å². The number of aryl methyl sites for hydroxylation is 4.